The highest BCUT2D eigenvalue weighted by Gasteiger charge is 2.19. The van der Waals surface area contributed by atoms with Crippen LogP contribution in [0.3, 0.4) is 0 Å². The molecule has 0 bridgehead atoms. The molecule has 0 spiro atoms. The second-order valence-corrected chi connectivity index (χ2v) is 15.0. The topological polar surface area (TPSA) is 8.17 Å². The van der Waals surface area contributed by atoms with Crippen LogP contribution in [0.5, 0.6) is 0 Å². The third-order valence-electron chi connectivity index (χ3n) is 11.6. The normalized spacial score (nSPS) is 11.4. The van der Waals surface area contributed by atoms with Crippen molar-refractivity contribution in [3.05, 3.63) is 231 Å². The minimum absolute atomic E-state index is 1.09. The summed E-state index contributed by atoms with van der Waals surface area (Å²) < 4.78 is 2.43. The lowest BCUT2D eigenvalue weighted by molar-refractivity contribution is 1.18. The fourth-order valence-corrected chi connectivity index (χ4v) is 8.79. The van der Waals surface area contributed by atoms with Gasteiger partial charge in [-0.3, -0.25) is 0 Å². The first-order valence-corrected chi connectivity index (χ1v) is 19.9. The van der Waals surface area contributed by atoms with Crippen LogP contribution in [-0.4, -0.2) is 4.57 Å². The van der Waals surface area contributed by atoms with Crippen LogP contribution in [0, 0.1) is 0 Å². The Kier molecular flexibility index (Phi) is 8.19. The maximum atomic E-state index is 2.43. The summed E-state index contributed by atoms with van der Waals surface area (Å²) >= 11 is 0. The molecule has 0 aliphatic rings. The highest BCUT2D eigenvalue weighted by atomic mass is 15.1. The Morgan fingerprint density at radius 1 is 0.293 bits per heavy atom. The van der Waals surface area contributed by atoms with Gasteiger partial charge in [0.25, 0.3) is 0 Å². The van der Waals surface area contributed by atoms with Crippen LogP contribution in [0.2, 0.25) is 0 Å². The van der Waals surface area contributed by atoms with E-state index in [9.17, 15) is 0 Å². The van der Waals surface area contributed by atoms with Gasteiger partial charge >= 0.3 is 0 Å². The van der Waals surface area contributed by atoms with Gasteiger partial charge in [0, 0.05) is 33.4 Å². The zero-order valence-electron chi connectivity index (χ0n) is 31.8. The summed E-state index contributed by atoms with van der Waals surface area (Å²) in [5, 5.41) is 7.51. The van der Waals surface area contributed by atoms with Crippen molar-refractivity contribution in [2.24, 2.45) is 0 Å². The molecule has 0 aliphatic heterocycles. The Balaban J connectivity index is 1.06. The maximum absolute atomic E-state index is 2.43. The van der Waals surface area contributed by atoms with E-state index >= 15 is 0 Å². The Labute approximate surface area is 338 Å². The molecule has 58 heavy (non-hydrogen) atoms. The molecule has 0 N–H and O–H groups in total. The number of hydrogen-bond donors (Lipinski definition) is 0. The molecular weight excluding hydrogens is 701 g/mol. The highest BCUT2D eigenvalue weighted by Crippen LogP contribution is 2.43. The first-order chi connectivity index (χ1) is 28.8. The highest BCUT2D eigenvalue weighted by molar-refractivity contribution is 6.13. The smallest absolute Gasteiger partial charge is 0.0547 e. The number of nitrogens with zero attached hydrogens (tertiary/aromatic N) is 2. The number of fused-ring (bicyclic) bond motifs is 5. The summed E-state index contributed by atoms with van der Waals surface area (Å²) in [6.07, 6.45) is 0. The number of hydrogen-bond acceptors (Lipinski definition) is 1. The lowest BCUT2D eigenvalue weighted by atomic mass is 9.97. The second-order valence-electron chi connectivity index (χ2n) is 15.0. The number of rotatable bonds is 7. The fourth-order valence-electron chi connectivity index (χ4n) is 8.79. The molecule has 1 aromatic heterocycles. The molecule has 0 atom stereocenters. The molecule has 0 saturated heterocycles. The Bertz CT molecular complexity index is 3260. The van der Waals surface area contributed by atoms with Crippen molar-refractivity contribution in [2.75, 3.05) is 4.90 Å². The molecule has 10 aromatic carbocycles. The molecular formula is C56H38N2. The van der Waals surface area contributed by atoms with Crippen molar-refractivity contribution >= 4 is 60.4 Å². The molecule has 272 valence electrons. The van der Waals surface area contributed by atoms with Gasteiger partial charge in [-0.15, -0.1) is 0 Å². The van der Waals surface area contributed by atoms with Crippen LogP contribution in [-0.2, 0) is 0 Å². The maximum Gasteiger partial charge on any atom is 0.0547 e. The standard InChI is InChI=1S/C56H38N2/c1-2-14-39(15-3-1)40-28-32-46(33-29-40)57(47-34-30-42(31-35-47)50-25-13-19-41-16-6-7-22-49(41)50)54-26-10-8-23-51(54)45-20-12-21-48(36-45)58-55-27-11-9-24-52(55)53-37-43-17-4-5-18-44(43)38-56(53)58/h1-38H. The van der Waals surface area contributed by atoms with E-state index in [2.05, 4.69) is 240 Å². The first kappa shape index (κ1) is 33.6. The van der Waals surface area contributed by atoms with E-state index in [1.807, 2.05) is 0 Å². The van der Waals surface area contributed by atoms with Gasteiger partial charge < -0.3 is 9.47 Å². The van der Waals surface area contributed by atoms with E-state index in [-0.39, 0.29) is 0 Å². The lowest BCUT2D eigenvalue weighted by Crippen LogP contribution is -2.11. The van der Waals surface area contributed by atoms with Crippen LogP contribution in [0.15, 0.2) is 231 Å². The van der Waals surface area contributed by atoms with Crippen LogP contribution in [0.25, 0.3) is 82.4 Å². The van der Waals surface area contributed by atoms with E-state index in [0.717, 1.165) is 33.9 Å². The minimum atomic E-state index is 1.09. The van der Waals surface area contributed by atoms with Crippen LogP contribution in [0.1, 0.15) is 0 Å². The predicted octanol–water partition coefficient (Wildman–Crippen LogP) is 15.6. The van der Waals surface area contributed by atoms with E-state index < -0.39 is 0 Å². The fraction of sp³-hybridized carbons (Fsp3) is 0. The molecule has 11 rings (SSSR count). The Hall–Kier alpha value is -7.68. The van der Waals surface area contributed by atoms with Gasteiger partial charge in [0.2, 0.25) is 0 Å². The summed E-state index contributed by atoms with van der Waals surface area (Å²) in [6, 6.07) is 83.7. The van der Waals surface area contributed by atoms with Gasteiger partial charge in [0.1, 0.15) is 0 Å². The zero-order chi connectivity index (χ0) is 38.4. The van der Waals surface area contributed by atoms with E-state index in [4.69, 9.17) is 0 Å². The number of benzene rings is 10. The molecule has 2 nitrogen and oxygen atoms in total. The van der Waals surface area contributed by atoms with Crippen molar-refractivity contribution in [1.82, 2.24) is 4.57 Å². The molecule has 0 unspecified atom stereocenters. The van der Waals surface area contributed by atoms with E-state index in [0.29, 0.717) is 0 Å². The monoisotopic (exact) mass is 738 g/mol. The quantitative estimate of drug-likeness (QED) is 0.158. The summed E-state index contributed by atoms with van der Waals surface area (Å²) in [6.45, 7) is 0. The molecule has 2 heteroatoms. The first-order valence-electron chi connectivity index (χ1n) is 19.9. The molecule has 11 aromatic rings. The van der Waals surface area contributed by atoms with Crippen molar-refractivity contribution in [3.63, 3.8) is 0 Å². The molecule has 0 radical (unpaired) electrons. The second kappa shape index (κ2) is 14.1. The summed E-state index contributed by atoms with van der Waals surface area (Å²) in [4.78, 5) is 2.40. The minimum Gasteiger partial charge on any atom is -0.310 e. The van der Waals surface area contributed by atoms with Crippen LogP contribution >= 0.6 is 0 Å². The van der Waals surface area contributed by atoms with Gasteiger partial charge in [0.05, 0.1) is 16.7 Å². The summed E-state index contributed by atoms with van der Waals surface area (Å²) in [7, 11) is 0. The lowest BCUT2D eigenvalue weighted by Gasteiger charge is -2.28. The predicted molar refractivity (Wildman–Crippen MR) is 247 cm³/mol. The van der Waals surface area contributed by atoms with Gasteiger partial charge in [0.15, 0.2) is 0 Å². The number of aromatic nitrogens is 1. The Morgan fingerprint density at radius 3 is 1.64 bits per heavy atom. The van der Waals surface area contributed by atoms with E-state index in [1.54, 1.807) is 0 Å². The van der Waals surface area contributed by atoms with Crippen LogP contribution < -0.4 is 4.90 Å². The van der Waals surface area contributed by atoms with Gasteiger partial charge in [-0.25, -0.2) is 0 Å². The third kappa shape index (κ3) is 5.82. The third-order valence-corrected chi connectivity index (χ3v) is 11.6. The molecule has 0 saturated carbocycles. The van der Waals surface area contributed by atoms with Gasteiger partial charge in [-0.05, 0) is 110 Å². The summed E-state index contributed by atoms with van der Waals surface area (Å²) in [5.41, 5.74) is 14.0. The zero-order valence-corrected chi connectivity index (χ0v) is 31.8. The number of para-hydroxylation sites is 2. The molecule has 0 aliphatic carbocycles. The van der Waals surface area contributed by atoms with Crippen molar-refractivity contribution in [2.45, 2.75) is 0 Å². The van der Waals surface area contributed by atoms with Crippen molar-refractivity contribution in [3.8, 4) is 39.1 Å². The molecule has 0 fully saturated rings. The van der Waals surface area contributed by atoms with Crippen molar-refractivity contribution in [1.29, 1.82) is 0 Å². The molecule has 0 amide bonds. The average molecular weight is 739 g/mol. The van der Waals surface area contributed by atoms with Crippen molar-refractivity contribution < 1.29 is 0 Å². The van der Waals surface area contributed by atoms with Gasteiger partial charge in [-0.2, -0.15) is 0 Å². The largest absolute Gasteiger partial charge is 0.310 e. The van der Waals surface area contributed by atoms with Gasteiger partial charge in [-0.1, -0.05) is 170 Å². The van der Waals surface area contributed by atoms with E-state index in [1.165, 1.54) is 65.6 Å². The average Bonchev–Trinajstić information content (AvgIpc) is 3.62. The Morgan fingerprint density at radius 2 is 0.845 bits per heavy atom. The number of anilines is 3. The SMILES string of the molecule is c1ccc(-c2ccc(N(c3ccc(-c4cccc5ccccc45)cc3)c3ccccc3-c3cccc(-n4c5ccccc5c5cc6ccccc6cc54)c3)cc2)cc1. The summed E-state index contributed by atoms with van der Waals surface area (Å²) in [5.74, 6) is 0. The van der Waals surface area contributed by atoms with Crippen LogP contribution in [0.4, 0.5) is 17.1 Å². The molecule has 1 heterocycles.